The lowest BCUT2D eigenvalue weighted by molar-refractivity contribution is -0.120. The van der Waals surface area contributed by atoms with Crippen molar-refractivity contribution >= 4 is 17.1 Å². The number of carbonyl (C=O) groups is 1. The highest BCUT2D eigenvalue weighted by Crippen LogP contribution is 2.27. The SMILES string of the molecule is CCn1cc(C#N)c(=O)n(CC(=O)C(C#N)c2nc(-c3ccccc3)cs2)c1=O. The smallest absolute Gasteiger partial charge is 0.299 e. The second-order valence-corrected chi connectivity index (χ2v) is 6.97. The lowest BCUT2D eigenvalue weighted by atomic mass is 10.1. The molecule has 0 spiro atoms. The van der Waals surface area contributed by atoms with Crippen molar-refractivity contribution in [3.8, 4) is 23.4 Å². The van der Waals surface area contributed by atoms with E-state index in [2.05, 4.69) is 4.98 Å². The normalized spacial score (nSPS) is 11.4. The van der Waals surface area contributed by atoms with E-state index < -0.39 is 29.5 Å². The van der Waals surface area contributed by atoms with E-state index in [9.17, 15) is 19.6 Å². The van der Waals surface area contributed by atoms with Gasteiger partial charge in [0.1, 0.15) is 16.6 Å². The quantitative estimate of drug-likeness (QED) is 0.617. The summed E-state index contributed by atoms with van der Waals surface area (Å²) in [4.78, 5) is 41.9. The molecule has 2 aromatic heterocycles. The second kappa shape index (κ2) is 8.46. The Hall–Kier alpha value is -3.82. The van der Waals surface area contributed by atoms with Crippen molar-refractivity contribution in [1.82, 2.24) is 14.1 Å². The van der Waals surface area contributed by atoms with Gasteiger partial charge in [-0.25, -0.2) is 9.78 Å². The zero-order chi connectivity index (χ0) is 21.0. The van der Waals surface area contributed by atoms with Crippen LogP contribution in [0.1, 0.15) is 23.4 Å². The van der Waals surface area contributed by atoms with Gasteiger partial charge < -0.3 is 0 Å². The number of carbonyl (C=O) groups excluding carboxylic acids is 1. The summed E-state index contributed by atoms with van der Waals surface area (Å²) >= 11 is 1.16. The molecule has 0 saturated heterocycles. The van der Waals surface area contributed by atoms with E-state index in [1.54, 1.807) is 18.4 Å². The summed E-state index contributed by atoms with van der Waals surface area (Å²) in [6.45, 7) is 1.31. The van der Waals surface area contributed by atoms with Crippen molar-refractivity contribution in [1.29, 1.82) is 10.5 Å². The minimum Gasteiger partial charge on any atom is -0.299 e. The Kier molecular flexibility index (Phi) is 5.82. The molecule has 1 unspecified atom stereocenters. The molecule has 1 atom stereocenters. The van der Waals surface area contributed by atoms with E-state index in [0.29, 0.717) is 10.3 Å². The Bertz CT molecular complexity index is 1260. The Morgan fingerprint density at radius 3 is 2.59 bits per heavy atom. The van der Waals surface area contributed by atoms with Crippen LogP contribution in [0.3, 0.4) is 0 Å². The first-order valence-electron chi connectivity index (χ1n) is 8.67. The van der Waals surface area contributed by atoms with Crippen LogP contribution in [-0.2, 0) is 17.9 Å². The van der Waals surface area contributed by atoms with E-state index in [0.717, 1.165) is 16.9 Å². The number of thiazole rings is 1. The number of aryl methyl sites for hydroxylation is 1. The van der Waals surface area contributed by atoms with Crippen LogP contribution in [0.5, 0.6) is 0 Å². The molecule has 2 heterocycles. The predicted octanol–water partition coefficient (Wildman–Crippen LogP) is 1.90. The first kappa shape index (κ1) is 19.9. The van der Waals surface area contributed by atoms with E-state index in [4.69, 9.17) is 5.26 Å². The van der Waals surface area contributed by atoms with E-state index >= 15 is 0 Å². The summed E-state index contributed by atoms with van der Waals surface area (Å²) in [7, 11) is 0. The number of nitrogens with zero attached hydrogens (tertiary/aromatic N) is 5. The van der Waals surface area contributed by atoms with Crippen LogP contribution in [0.4, 0.5) is 0 Å². The third-order valence-corrected chi connectivity index (χ3v) is 5.21. The average molecular weight is 405 g/mol. The molecule has 0 amide bonds. The van der Waals surface area contributed by atoms with Gasteiger partial charge in [0.2, 0.25) is 0 Å². The Morgan fingerprint density at radius 1 is 1.24 bits per heavy atom. The third kappa shape index (κ3) is 3.91. The fourth-order valence-electron chi connectivity index (χ4n) is 2.77. The summed E-state index contributed by atoms with van der Waals surface area (Å²) in [5, 5.41) is 20.7. The highest BCUT2D eigenvalue weighted by Gasteiger charge is 2.26. The van der Waals surface area contributed by atoms with Crippen LogP contribution in [0.2, 0.25) is 0 Å². The van der Waals surface area contributed by atoms with Crippen molar-refractivity contribution in [2.24, 2.45) is 0 Å². The maximum absolute atomic E-state index is 12.7. The molecule has 0 N–H and O–H groups in total. The summed E-state index contributed by atoms with van der Waals surface area (Å²) < 4.78 is 1.87. The van der Waals surface area contributed by atoms with Gasteiger partial charge in [-0.2, -0.15) is 10.5 Å². The molecule has 3 aromatic rings. The van der Waals surface area contributed by atoms with Crippen LogP contribution in [0.15, 0.2) is 51.5 Å². The number of aromatic nitrogens is 3. The van der Waals surface area contributed by atoms with Gasteiger partial charge >= 0.3 is 5.69 Å². The zero-order valence-corrected chi connectivity index (χ0v) is 16.2. The van der Waals surface area contributed by atoms with Crippen molar-refractivity contribution in [2.45, 2.75) is 25.9 Å². The van der Waals surface area contributed by atoms with Crippen LogP contribution in [0.25, 0.3) is 11.3 Å². The zero-order valence-electron chi connectivity index (χ0n) is 15.4. The Balaban J connectivity index is 1.94. The molecule has 0 fully saturated rings. The van der Waals surface area contributed by atoms with E-state index in [-0.39, 0.29) is 17.1 Å². The van der Waals surface area contributed by atoms with Crippen molar-refractivity contribution < 1.29 is 4.79 Å². The summed E-state index contributed by atoms with van der Waals surface area (Å²) in [5.74, 6) is -1.86. The van der Waals surface area contributed by atoms with Gasteiger partial charge in [0.05, 0.1) is 18.3 Å². The number of Topliss-reactive ketones (excluding diaryl/α,β-unsaturated/α-hetero) is 1. The van der Waals surface area contributed by atoms with Gasteiger partial charge in [-0.1, -0.05) is 30.3 Å². The molecular formula is C20H15N5O3S. The highest BCUT2D eigenvalue weighted by atomic mass is 32.1. The number of benzene rings is 1. The van der Waals surface area contributed by atoms with Crippen LogP contribution >= 0.6 is 11.3 Å². The van der Waals surface area contributed by atoms with Gasteiger partial charge in [-0.15, -0.1) is 11.3 Å². The summed E-state index contributed by atoms with van der Waals surface area (Å²) in [5.41, 5.74) is -0.311. The van der Waals surface area contributed by atoms with E-state index in [1.165, 1.54) is 10.8 Å². The molecule has 0 aliphatic rings. The number of rotatable bonds is 6. The highest BCUT2D eigenvalue weighted by molar-refractivity contribution is 7.10. The standard InChI is InChI=1S/C20H15N5O3S/c1-2-24-10-14(8-21)19(27)25(20(24)28)11-17(26)15(9-22)18-23-16(12-29-18)13-6-4-3-5-7-13/h3-7,10,12,15H,2,11H2,1H3. The maximum Gasteiger partial charge on any atom is 0.331 e. The van der Waals surface area contributed by atoms with Gasteiger partial charge in [0.15, 0.2) is 11.7 Å². The number of hydrogen-bond acceptors (Lipinski definition) is 7. The molecule has 144 valence electrons. The van der Waals surface area contributed by atoms with Crippen molar-refractivity contribution in [3.63, 3.8) is 0 Å². The monoisotopic (exact) mass is 405 g/mol. The second-order valence-electron chi connectivity index (χ2n) is 6.08. The molecule has 0 radical (unpaired) electrons. The molecule has 0 aliphatic heterocycles. The van der Waals surface area contributed by atoms with Gasteiger partial charge in [0.25, 0.3) is 5.56 Å². The lowest BCUT2D eigenvalue weighted by Crippen LogP contribution is -2.42. The lowest BCUT2D eigenvalue weighted by Gasteiger charge is -2.10. The summed E-state index contributed by atoms with van der Waals surface area (Å²) in [6, 6.07) is 12.9. The topological polar surface area (TPSA) is 122 Å². The first-order valence-corrected chi connectivity index (χ1v) is 9.55. The average Bonchev–Trinajstić information content (AvgIpc) is 3.22. The molecule has 0 bridgehead atoms. The predicted molar refractivity (Wildman–Crippen MR) is 106 cm³/mol. The number of nitriles is 2. The fraction of sp³-hybridized carbons (Fsp3) is 0.200. The van der Waals surface area contributed by atoms with Crippen molar-refractivity contribution in [3.05, 3.63) is 73.3 Å². The molecule has 0 saturated carbocycles. The molecule has 29 heavy (non-hydrogen) atoms. The molecule has 3 rings (SSSR count). The number of hydrogen-bond donors (Lipinski definition) is 0. The molecule has 1 aromatic carbocycles. The third-order valence-electron chi connectivity index (χ3n) is 4.30. The van der Waals surface area contributed by atoms with E-state index in [1.807, 2.05) is 36.4 Å². The Morgan fingerprint density at radius 2 is 1.97 bits per heavy atom. The molecule has 8 nitrogen and oxygen atoms in total. The minimum atomic E-state index is -1.22. The largest absolute Gasteiger partial charge is 0.331 e. The fourth-order valence-corrected chi connectivity index (χ4v) is 3.66. The van der Waals surface area contributed by atoms with Crippen LogP contribution in [-0.4, -0.2) is 19.9 Å². The van der Waals surface area contributed by atoms with Crippen molar-refractivity contribution in [2.75, 3.05) is 0 Å². The number of ketones is 1. The van der Waals surface area contributed by atoms with Gasteiger partial charge in [-0.05, 0) is 6.92 Å². The first-order chi connectivity index (χ1) is 14.0. The van der Waals surface area contributed by atoms with Crippen LogP contribution in [0, 0.1) is 22.7 Å². The molecule has 0 aliphatic carbocycles. The minimum absolute atomic E-state index is 0.233. The Labute approximate surface area is 169 Å². The van der Waals surface area contributed by atoms with Gasteiger partial charge in [0, 0.05) is 23.7 Å². The molecular weight excluding hydrogens is 390 g/mol. The van der Waals surface area contributed by atoms with Crippen LogP contribution < -0.4 is 11.2 Å². The van der Waals surface area contributed by atoms with Gasteiger partial charge in [-0.3, -0.25) is 18.7 Å². The molecule has 9 heteroatoms. The summed E-state index contributed by atoms with van der Waals surface area (Å²) in [6.07, 6.45) is 1.17. The maximum atomic E-state index is 12.7.